The highest BCUT2D eigenvalue weighted by atomic mass is 16.7. The van der Waals surface area contributed by atoms with Gasteiger partial charge >= 0.3 is 5.97 Å². The van der Waals surface area contributed by atoms with Crippen LogP contribution in [0.4, 0.5) is 0 Å². The van der Waals surface area contributed by atoms with E-state index in [1.165, 1.54) is 10.6 Å². The maximum absolute atomic E-state index is 12.4. The molecule has 3 rings (SSSR count). The minimum Gasteiger partial charge on any atom is -0.363 e. The van der Waals surface area contributed by atoms with Gasteiger partial charge in [-0.05, 0) is 29.3 Å². The number of nitrogens with zero attached hydrogens (tertiary/aromatic N) is 2. The van der Waals surface area contributed by atoms with Crippen LogP contribution in [-0.2, 0) is 16.7 Å². The maximum atomic E-state index is 12.4. The molecule has 0 saturated heterocycles. The zero-order valence-corrected chi connectivity index (χ0v) is 15.7. The number of hydrogen-bond donors (Lipinski definition) is 1. The van der Waals surface area contributed by atoms with Crippen LogP contribution in [0.5, 0.6) is 0 Å². The second kappa shape index (κ2) is 9.27. The summed E-state index contributed by atoms with van der Waals surface area (Å²) in [5.41, 5.74) is 5.13. The van der Waals surface area contributed by atoms with Crippen LogP contribution in [0.15, 0.2) is 72.2 Å². The highest BCUT2D eigenvalue weighted by molar-refractivity contribution is 5.89. The van der Waals surface area contributed by atoms with E-state index < -0.39 is 5.97 Å². The number of carbonyl (C=O) groups excluding carboxylic acids is 1. The first-order valence-corrected chi connectivity index (χ1v) is 8.95. The Morgan fingerprint density at radius 3 is 2.79 bits per heavy atom. The summed E-state index contributed by atoms with van der Waals surface area (Å²) in [6.07, 6.45) is 5.41. The molecule has 0 amide bonds. The molecule has 1 aliphatic rings. The van der Waals surface area contributed by atoms with Crippen LogP contribution in [0.1, 0.15) is 15.9 Å². The molecule has 2 aromatic rings. The van der Waals surface area contributed by atoms with E-state index in [4.69, 9.17) is 9.68 Å². The Hall–Kier alpha value is -3.00. The molecule has 1 N–H and O–H groups in total. The molecule has 28 heavy (non-hydrogen) atoms. The van der Waals surface area contributed by atoms with E-state index in [0.717, 1.165) is 11.1 Å². The lowest BCUT2D eigenvalue weighted by Gasteiger charge is -2.31. The number of nitrogens with one attached hydrogen (secondary N) is 1. The van der Waals surface area contributed by atoms with Crippen molar-refractivity contribution in [3.05, 3.63) is 88.9 Å². The second-order valence-electron chi connectivity index (χ2n) is 6.45. The third-order valence-corrected chi connectivity index (χ3v) is 4.26. The van der Waals surface area contributed by atoms with Crippen LogP contribution in [0.3, 0.4) is 0 Å². The minimum atomic E-state index is -0.423. The molecular weight excluding hydrogens is 358 g/mol. The summed E-state index contributed by atoms with van der Waals surface area (Å²) in [6, 6.07) is 11.9. The van der Waals surface area contributed by atoms with E-state index in [2.05, 4.69) is 12.1 Å². The van der Waals surface area contributed by atoms with Crippen LogP contribution in [0.25, 0.3) is 5.57 Å². The Morgan fingerprint density at radius 2 is 2.07 bits per heavy atom. The number of pyridine rings is 1. The number of hydrogen-bond acceptors (Lipinski definition) is 6. The molecule has 1 aromatic carbocycles. The summed E-state index contributed by atoms with van der Waals surface area (Å²) in [7, 11) is 1.70. The van der Waals surface area contributed by atoms with Crippen molar-refractivity contribution in [3.63, 3.8) is 0 Å². The first-order valence-electron chi connectivity index (χ1n) is 8.95. The predicted octanol–water partition coefficient (Wildman–Crippen LogP) is 1.93. The zero-order valence-electron chi connectivity index (χ0n) is 15.7. The molecular formula is C21H23N3O4. The summed E-state index contributed by atoms with van der Waals surface area (Å²) >= 11 is 0. The molecule has 0 fully saturated rings. The van der Waals surface area contributed by atoms with E-state index >= 15 is 0 Å². The van der Waals surface area contributed by atoms with Gasteiger partial charge in [0.2, 0.25) is 5.56 Å². The van der Waals surface area contributed by atoms with Gasteiger partial charge in [0.1, 0.15) is 0 Å². The van der Waals surface area contributed by atoms with Crippen molar-refractivity contribution in [2.24, 2.45) is 7.05 Å². The lowest BCUT2D eigenvalue weighted by atomic mass is 10.0. The average molecular weight is 381 g/mol. The smallest absolute Gasteiger partial charge is 0.357 e. The van der Waals surface area contributed by atoms with Gasteiger partial charge in [0.05, 0.1) is 31.3 Å². The van der Waals surface area contributed by atoms with Crippen LogP contribution < -0.4 is 11.0 Å². The third-order valence-electron chi connectivity index (χ3n) is 4.26. The second-order valence-corrected chi connectivity index (χ2v) is 6.45. The Morgan fingerprint density at radius 1 is 1.29 bits per heavy atom. The van der Waals surface area contributed by atoms with Crippen molar-refractivity contribution in [2.45, 2.75) is 6.04 Å². The minimum absolute atomic E-state index is 0.0866. The average Bonchev–Trinajstić information content (AvgIpc) is 2.71. The number of carbonyl (C=O) groups is 1. The molecule has 2 heterocycles. The van der Waals surface area contributed by atoms with E-state index in [1.54, 1.807) is 54.7 Å². The van der Waals surface area contributed by atoms with Crippen molar-refractivity contribution >= 4 is 11.5 Å². The molecule has 0 radical (unpaired) electrons. The monoisotopic (exact) mass is 381 g/mol. The molecule has 1 aliphatic heterocycles. The summed E-state index contributed by atoms with van der Waals surface area (Å²) in [5.74, 6) is -0.423. The summed E-state index contributed by atoms with van der Waals surface area (Å²) in [5, 5.41) is 1.59. The van der Waals surface area contributed by atoms with Crippen molar-refractivity contribution in [1.82, 2.24) is 15.1 Å². The van der Waals surface area contributed by atoms with E-state index in [-0.39, 0.29) is 11.6 Å². The highest BCUT2D eigenvalue weighted by Crippen LogP contribution is 2.21. The fraction of sp³-hybridized carbons (Fsp3) is 0.238. The maximum Gasteiger partial charge on any atom is 0.357 e. The van der Waals surface area contributed by atoms with Crippen molar-refractivity contribution in [2.75, 3.05) is 19.7 Å². The number of hydroxylamine groups is 3. The number of benzene rings is 1. The summed E-state index contributed by atoms with van der Waals surface area (Å²) in [6.45, 7) is 4.79. The van der Waals surface area contributed by atoms with Crippen LogP contribution >= 0.6 is 0 Å². The fourth-order valence-corrected chi connectivity index (χ4v) is 2.89. The number of aryl methyl sites for hydroxylation is 1. The van der Waals surface area contributed by atoms with E-state index in [1.807, 2.05) is 12.1 Å². The van der Waals surface area contributed by atoms with E-state index in [9.17, 15) is 9.59 Å². The number of aromatic nitrogens is 1. The largest absolute Gasteiger partial charge is 0.363 e. The summed E-state index contributed by atoms with van der Waals surface area (Å²) in [4.78, 5) is 35.1. The normalized spacial score (nSPS) is 17.0. The highest BCUT2D eigenvalue weighted by Gasteiger charge is 2.25. The molecule has 7 heteroatoms. The quantitative estimate of drug-likeness (QED) is 0.449. The van der Waals surface area contributed by atoms with Gasteiger partial charge in [0, 0.05) is 19.3 Å². The topological polar surface area (TPSA) is 72.8 Å². The van der Waals surface area contributed by atoms with Gasteiger partial charge in [-0.1, -0.05) is 30.4 Å². The zero-order chi connectivity index (χ0) is 19.9. The van der Waals surface area contributed by atoms with Gasteiger partial charge in [0.25, 0.3) is 0 Å². The van der Waals surface area contributed by atoms with Gasteiger partial charge in [-0.2, -0.15) is 5.48 Å². The van der Waals surface area contributed by atoms with Gasteiger partial charge in [-0.15, -0.1) is 11.6 Å². The fourth-order valence-electron chi connectivity index (χ4n) is 2.89. The number of rotatable bonds is 7. The lowest BCUT2D eigenvalue weighted by Crippen LogP contribution is -2.45. The summed E-state index contributed by atoms with van der Waals surface area (Å²) < 4.78 is 1.52. The first kappa shape index (κ1) is 19.8. The lowest BCUT2D eigenvalue weighted by molar-refractivity contribution is -0.113. The van der Waals surface area contributed by atoms with Crippen LogP contribution in [-0.4, -0.2) is 41.3 Å². The van der Waals surface area contributed by atoms with E-state index in [0.29, 0.717) is 25.3 Å². The van der Waals surface area contributed by atoms with Crippen molar-refractivity contribution in [1.29, 1.82) is 0 Å². The molecule has 1 atom stereocenters. The Bertz CT molecular complexity index is 921. The van der Waals surface area contributed by atoms with Crippen LogP contribution in [0.2, 0.25) is 0 Å². The van der Waals surface area contributed by atoms with Gasteiger partial charge in [-0.25, -0.2) is 4.79 Å². The van der Waals surface area contributed by atoms with Crippen molar-refractivity contribution < 1.29 is 14.5 Å². The molecule has 1 unspecified atom stereocenters. The molecule has 7 nitrogen and oxygen atoms in total. The predicted molar refractivity (Wildman–Crippen MR) is 106 cm³/mol. The van der Waals surface area contributed by atoms with Crippen LogP contribution in [0, 0.1) is 0 Å². The molecule has 0 aliphatic carbocycles. The standard InChI is InChI=1S/C21H23N3O4/c1-3-11-27-22-19-12-18(17-9-10-20(25)23(2)13-17)14-24(15-19)28-21(26)16-7-5-4-6-8-16/h3-10,12-13,19,22H,1,11,14-15H2,2H3. The van der Waals surface area contributed by atoms with Gasteiger partial charge in [-0.3, -0.25) is 9.63 Å². The molecule has 0 spiro atoms. The Balaban J connectivity index is 1.79. The van der Waals surface area contributed by atoms with Gasteiger partial charge < -0.3 is 9.40 Å². The Labute approximate surface area is 163 Å². The molecule has 146 valence electrons. The first-order chi connectivity index (χ1) is 13.6. The molecule has 0 bridgehead atoms. The Kier molecular flexibility index (Phi) is 6.54. The third kappa shape index (κ3) is 5.04. The molecule has 1 aromatic heterocycles. The molecule has 0 saturated carbocycles. The van der Waals surface area contributed by atoms with Crippen molar-refractivity contribution in [3.8, 4) is 0 Å². The SMILES string of the molecule is C=CCONC1C=C(c2ccc(=O)n(C)c2)CN(OC(=O)c2ccccc2)C1. The van der Waals surface area contributed by atoms with Gasteiger partial charge in [0.15, 0.2) is 0 Å².